The maximum atomic E-state index is 14.0. The van der Waals surface area contributed by atoms with Crippen molar-refractivity contribution in [1.82, 2.24) is 29.0 Å². The fourth-order valence-corrected chi connectivity index (χ4v) is 8.95. The summed E-state index contributed by atoms with van der Waals surface area (Å²) in [6.45, 7) is 3.12. The van der Waals surface area contributed by atoms with E-state index in [2.05, 4.69) is 20.4 Å². The maximum Gasteiger partial charge on any atom is 0.420 e. The molecule has 0 bridgehead atoms. The summed E-state index contributed by atoms with van der Waals surface area (Å²) in [6.07, 6.45) is 2.05. The Morgan fingerprint density at radius 3 is 2.60 bits per heavy atom. The molecular weight excluding hydrogens is 567 g/mol. The number of nitrogens with zero attached hydrogens (tertiary/aromatic N) is 6. The number of hydrogen-bond acceptors (Lipinski definition) is 8. The van der Waals surface area contributed by atoms with Gasteiger partial charge in [-0.15, -0.1) is 11.3 Å². The molecule has 1 atom stereocenters. The Balaban J connectivity index is 1.25. The third-order valence-electron chi connectivity index (χ3n) is 8.14. The van der Waals surface area contributed by atoms with Gasteiger partial charge in [0.1, 0.15) is 10.5 Å². The highest BCUT2D eigenvalue weighted by molar-refractivity contribution is 7.89. The van der Waals surface area contributed by atoms with Gasteiger partial charge in [0.15, 0.2) is 0 Å². The van der Waals surface area contributed by atoms with Gasteiger partial charge in [-0.05, 0) is 38.2 Å². The normalized spacial score (nSPS) is 22.1. The smallest absolute Gasteiger partial charge is 0.351 e. The van der Waals surface area contributed by atoms with Crippen LogP contribution >= 0.6 is 11.3 Å². The van der Waals surface area contributed by atoms with Gasteiger partial charge < -0.3 is 10.2 Å². The third kappa shape index (κ3) is 4.29. The molecule has 6 heterocycles. The number of anilines is 1. The molecule has 214 valence electrons. The summed E-state index contributed by atoms with van der Waals surface area (Å²) in [6, 6.07) is 1.32. The van der Waals surface area contributed by atoms with Crippen molar-refractivity contribution >= 4 is 33.2 Å². The van der Waals surface area contributed by atoms with E-state index in [4.69, 9.17) is 0 Å². The maximum absolute atomic E-state index is 14.0. The first-order valence-corrected chi connectivity index (χ1v) is 15.4. The SMILES string of the molecule is CCC12CCCN1C(=O)c1cc(-c3nc(NC4CCN(S(=O)(=O)c5cnn(C)c5)CC4)ncc3C(F)(F)F)sc12. The lowest BCUT2D eigenvalue weighted by molar-refractivity contribution is -0.137. The Bertz CT molecular complexity index is 1580. The summed E-state index contributed by atoms with van der Waals surface area (Å²) in [5.41, 5.74) is -1.21. The number of halogens is 3. The van der Waals surface area contributed by atoms with Crippen molar-refractivity contribution in [3.05, 3.63) is 40.7 Å². The molecule has 0 spiro atoms. The van der Waals surface area contributed by atoms with E-state index < -0.39 is 27.3 Å². The van der Waals surface area contributed by atoms with Crippen molar-refractivity contribution in [2.75, 3.05) is 25.0 Å². The number of hydrogen-bond donors (Lipinski definition) is 1. The molecular formula is C25H28F3N7O3S2. The molecule has 15 heteroatoms. The predicted octanol–water partition coefficient (Wildman–Crippen LogP) is 4.08. The molecule has 10 nitrogen and oxygen atoms in total. The number of carbonyl (C=O) groups is 1. The van der Waals surface area contributed by atoms with Crippen molar-refractivity contribution in [3.63, 3.8) is 0 Å². The number of thiophene rings is 1. The summed E-state index contributed by atoms with van der Waals surface area (Å²) >= 11 is 1.21. The van der Waals surface area contributed by atoms with Crippen LogP contribution in [0.2, 0.25) is 0 Å². The van der Waals surface area contributed by atoms with Gasteiger partial charge >= 0.3 is 6.18 Å². The fraction of sp³-hybridized carbons (Fsp3) is 0.520. The van der Waals surface area contributed by atoms with Crippen LogP contribution in [0.3, 0.4) is 0 Å². The van der Waals surface area contributed by atoms with Crippen LogP contribution in [0.15, 0.2) is 29.6 Å². The monoisotopic (exact) mass is 595 g/mol. The van der Waals surface area contributed by atoms with Crippen LogP contribution in [0.4, 0.5) is 19.1 Å². The van der Waals surface area contributed by atoms with Gasteiger partial charge in [0, 0.05) is 50.0 Å². The first-order chi connectivity index (χ1) is 18.9. The van der Waals surface area contributed by atoms with E-state index in [1.807, 2.05) is 11.8 Å². The minimum atomic E-state index is -4.68. The van der Waals surface area contributed by atoms with Crippen molar-refractivity contribution < 1.29 is 26.4 Å². The number of nitrogens with one attached hydrogen (secondary N) is 1. The zero-order valence-electron chi connectivity index (χ0n) is 21.9. The lowest BCUT2D eigenvalue weighted by atomic mass is 9.92. The minimum Gasteiger partial charge on any atom is -0.351 e. The molecule has 1 unspecified atom stereocenters. The van der Waals surface area contributed by atoms with E-state index in [1.165, 1.54) is 32.7 Å². The molecule has 0 aromatic carbocycles. The van der Waals surface area contributed by atoms with Gasteiger partial charge in [0.05, 0.1) is 27.9 Å². The highest BCUT2D eigenvalue weighted by Crippen LogP contribution is 2.54. The van der Waals surface area contributed by atoms with E-state index in [0.717, 1.165) is 23.9 Å². The number of piperidine rings is 1. The summed E-state index contributed by atoms with van der Waals surface area (Å²) in [5, 5.41) is 7.03. The van der Waals surface area contributed by atoms with Crippen molar-refractivity contribution in [1.29, 1.82) is 0 Å². The molecule has 0 aliphatic carbocycles. The molecule has 3 aromatic heterocycles. The number of aromatic nitrogens is 4. The van der Waals surface area contributed by atoms with Crippen molar-refractivity contribution in [3.8, 4) is 10.6 Å². The van der Waals surface area contributed by atoms with Gasteiger partial charge in [-0.1, -0.05) is 6.92 Å². The van der Waals surface area contributed by atoms with Crippen molar-refractivity contribution in [2.45, 2.75) is 61.7 Å². The average Bonchev–Trinajstić information content (AvgIpc) is 3.68. The molecule has 2 saturated heterocycles. The second kappa shape index (κ2) is 9.52. The van der Waals surface area contributed by atoms with E-state index in [-0.39, 0.29) is 46.5 Å². The molecule has 3 aliphatic heterocycles. The van der Waals surface area contributed by atoms with Gasteiger partial charge in [0.25, 0.3) is 5.91 Å². The highest BCUT2D eigenvalue weighted by atomic mass is 32.2. The number of rotatable bonds is 6. The van der Waals surface area contributed by atoms with Gasteiger partial charge in [-0.3, -0.25) is 9.48 Å². The second-order valence-electron chi connectivity index (χ2n) is 10.4. The molecule has 1 amide bonds. The third-order valence-corrected chi connectivity index (χ3v) is 11.3. The van der Waals surface area contributed by atoms with E-state index in [9.17, 15) is 26.4 Å². The summed E-state index contributed by atoms with van der Waals surface area (Å²) in [7, 11) is -2.04. The quantitative estimate of drug-likeness (QED) is 0.457. The number of fused-ring (bicyclic) bond motifs is 3. The van der Waals surface area contributed by atoms with Gasteiger partial charge in [0.2, 0.25) is 16.0 Å². The molecule has 6 rings (SSSR count). The van der Waals surface area contributed by atoms with Gasteiger partial charge in [-0.2, -0.15) is 22.6 Å². The Morgan fingerprint density at radius 2 is 1.95 bits per heavy atom. The Morgan fingerprint density at radius 1 is 1.20 bits per heavy atom. The Hall–Kier alpha value is -3.04. The average molecular weight is 596 g/mol. The lowest BCUT2D eigenvalue weighted by Crippen LogP contribution is -2.42. The number of alkyl halides is 3. The van der Waals surface area contributed by atoms with Crippen LogP contribution in [-0.2, 0) is 28.8 Å². The van der Waals surface area contributed by atoms with Crippen molar-refractivity contribution in [2.24, 2.45) is 7.05 Å². The standard InChI is InChI=1S/C25H28F3N7O3S2/c1-3-24-7-4-8-35(24)22(36)17-11-19(39-21(17)24)20-18(25(26,27)28)13-29-23(32-20)31-15-5-9-34(10-6-15)40(37,38)16-12-30-33(2)14-16/h11-15H,3-10H2,1-2H3,(H,29,31,32). The molecule has 0 saturated carbocycles. The Kier molecular flexibility index (Phi) is 6.46. The predicted molar refractivity (Wildman–Crippen MR) is 141 cm³/mol. The highest BCUT2D eigenvalue weighted by Gasteiger charge is 2.53. The fourth-order valence-electron chi connectivity index (χ4n) is 6.05. The molecule has 3 aliphatic rings. The summed E-state index contributed by atoms with van der Waals surface area (Å²) in [4.78, 5) is 24.4. The molecule has 3 aromatic rings. The second-order valence-corrected chi connectivity index (χ2v) is 13.4. The summed E-state index contributed by atoms with van der Waals surface area (Å²) < 4.78 is 70.6. The number of aryl methyl sites for hydroxylation is 1. The van der Waals surface area contributed by atoms with E-state index >= 15 is 0 Å². The topological polar surface area (TPSA) is 113 Å². The number of carbonyl (C=O) groups excluding carboxylic acids is 1. The first kappa shape index (κ1) is 27.1. The lowest BCUT2D eigenvalue weighted by Gasteiger charge is -2.31. The zero-order valence-corrected chi connectivity index (χ0v) is 23.5. The number of sulfonamides is 1. The van der Waals surface area contributed by atoms with E-state index in [1.54, 1.807) is 13.1 Å². The van der Waals surface area contributed by atoms with Crippen LogP contribution in [0.25, 0.3) is 10.6 Å². The number of amides is 1. The molecule has 0 radical (unpaired) electrons. The van der Waals surface area contributed by atoms with Crippen LogP contribution in [-0.4, -0.2) is 69.0 Å². The minimum absolute atomic E-state index is 0.0316. The van der Waals surface area contributed by atoms with Gasteiger partial charge in [-0.25, -0.2) is 18.4 Å². The van der Waals surface area contributed by atoms with Crippen LogP contribution in [0.5, 0.6) is 0 Å². The largest absolute Gasteiger partial charge is 0.420 e. The zero-order chi connectivity index (χ0) is 28.4. The van der Waals surface area contributed by atoms with Crippen LogP contribution in [0.1, 0.15) is 59.8 Å². The molecule has 1 N–H and O–H groups in total. The summed E-state index contributed by atoms with van der Waals surface area (Å²) in [5.74, 6) is -0.102. The first-order valence-electron chi connectivity index (χ1n) is 13.1. The molecule has 2 fully saturated rings. The van der Waals surface area contributed by atoms with Crippen LogP contribution < -0.4 is 5.32 Å². The Labute approximate surface area is 233 Å². The van der Waals surface area contributed by atoms with E-state index in [0.29, 0.717) is 31.4 Å². The molecule has 40 heavy (non-hydrogen) atoms. The van der Waals surface area contributed by atoms with Crippen LogP contribution in [0, 0.1) is 0 Å².